The highest BCUT2D eigenvalue weighted by Gasteiger charge is 2.00. The van der Waals surface area contributed by atoms with Crippen LogP contribution in [0.1, 0.15) is 16.8 Å². The number of benzene rings is 1. The molecule has 1 amide bonds. The van der Waals surface area contributed by atoms with Crippen molar-refractivity contribution in [2.45, 2.75) is 6.42 Å². The number of amides is 1. The molecule has 1 N–H and O–H groups in total. The molecular formula is C10H9NO3. The van der Waals surface area contributed by atoms with Gasteiger partial charge >= 0.3 is 5.97 Å². The Labute approximate surface area is 80.9 Å². The first-order valence-corrected chi connectivity index (χ1v) is 4.04. The molecule has 1 aromatic rings. The van der Waals surface area contributed by atoms with Crippen molar-refractivity contribution >= 4 is 18.1 Å². The van der Waals surface area contributed by atoms with Crippen LogP contribution in [0.2, 0.25) is 0 Å². The fourth-order valence-electron chi connectivity index (χ4n) is 0.862. The van der Waals surface area contributed by atoms with Crippen molar-refractivity contribution in [3.63, 3.8) is 0 Å². The van der Waals surface area contributed by atoms with E-state index in [1.807, 2.05) is 0 Å². The third-order valence-corrected chi connectivity index (χ3v) is 1.50. The first-order chi connectivity index (χ1) is 6.70. The standard InChI is InChI=1S/C10H9NO3/c12-9(13)6-7-11-10(14)8-4-2-1-3-5-8/h1-5,7H,6H2,(H,12,13). The van der Waals surface area contributed by atoms with Crippen LogP contribution in [0.25, 0.3) is 0 Å². The zero-order chi connectivity index (χ0) is 10.4. The normalized spacial score (nSPS) is 10.3. The third kappa shape index (κ3) is 3.18. The van der Waals surface area contributed by atoms with E-state index in [0.29, 0.717) is 5.56 Å². The predicted molar refractivity (Wildman–Crippen MR) is 51.5 cm³/mol. The van der Waals surface area contributed by atoms with Gasteiger partial charge in [-0.05, 0) is 12.1 Å². The summed E-state index contributed by atoms with van der Waals surface area (Å²) in [4.78, 5) is 24.8. The van der Waals surface area contributed by atoms with E-state index in [9.17, 15) is 9.59 Å². The maximum absolute atomic E-state index is 11.2. The number of carboxylic acid groups (broad SMARTS) is 1. The van der Waals surface area contributed by atoms with E-state index in [1.54, 1.807) is 30.3 Å². The Bertz CT molecular complexity index is 357. The molecule has 0 spiro atoms. The highest BCUT2D eigenvalue weighted by Crippen LogP contribution is 1.99. The fraction of sp³-hybridized carbons (Fsp3) is 0.100. The maximum atomic E-state index is 11.2. The zero-order valence-corrected chi connectivity index (χ0v) is 7.38. The molecule has 0 aliphatic rings. The van der Waals surface area contributed by atoms with Crippen LogP contribution in [0.4, 0.5) is 0 Å². The van der Waals surface area contributed by atoms with E-state index >= 15 is 0 Å². The Hall–Kier alpha value is -1.97. The summed E-state index contributed by atoms with van der Waals surface area (Å²) in [5, 5.41) is 8.29. The SMILES string of the molecule is O=C(O)CC=NC(=O)c1ccccc1. The number of carbonyl (C=O) groups excluding carboxylic acids is 1. The van der Waals surface area contributed by atoms with Gasteiger partial charge in [0.05, 0.1) is 6.42 Å². The molecule has 0 aliphatic heterocycles. The third-order valence-electron chi connectivity index (χ3n) is 1.50. The molecule has 0 fully saturated rings. The second kappa shape index (κ2) is 4.91. The van der Waals surface area contributed by atoms with E-state index < -0.39 is 11.9 Å². The number of carboxylic acids is 1. The van der Waals surface area contributed by atoms with Crippen molar-refractivity contribution in [1.29, 1.82) is 0 Å². The summed E-state index contributed by atoms with van der Waals surface area (Å²) in [5.41, 5.74) is 0.453. The minimum absolute atomic E-state index is 0.238. The first-order valence-electron chi connectivity index (χ1n) is 4.04. The molecule has 0 heterocycles. The zero-order valence-electron chi connectivity index (χ0n) is 7.38. The molecular weight excluding hydrogens is 182 g/mol. The largest absolute Gasteiger partial charge is 0.481 e. The van der Waals surface area contributed by atoms with Crippen LogP contribution in [0.5, 0.6) is 0 Å². The minimum atomic E-state index is -1.00. The van der Waals surface area contributed by atoms with Crippen molar-refractivity contribution in [1.82, 2.24) is 0 Å². The molecule has 0 radical (unpaired) electrons. The summed E-state index contributed by atoms with van der Waals surface area (Å²) < 4.78 is 0. The van der Waals surface area contributed by atoms with Crippen molar-refractivity contribution in [3.05, 3.63) is 35.9 Å². The van der Waals surface area contributed by atoms with Gasteiger partial charge in [0.1, 0.15) is 0 Å². The van der Waals surface area contributed by atoms with Gasteiger partial charge in [0.15, 0.2) is 0 Å². The number of hydrogen-bond acceptors (Lipinski definition) is 2. The summed E-state index contributed by atoms with van der Waals surface area (Å²) in [6.45, 7) is 0. The Morgan fingerprint density at radius 2 is 1.93 bits per heavy atom. The van der Waals surface area contributed by atoms with Crippen LogP contribution in [-0.2, 0) is 4.79 Å². The van der Waals surface area contributed by atoms with E-state index in [2.05, 4.69) is 4.99 Å². The second-order valence-corrected chi connectivity index (χ2v) is 2.58. The summed E-state index contributed by atoms with van der Waals surface area (Å²) >= 11 is 0. The number of nitrogens with zero attached hydrogens (tertiary/aromatic N) is 1. The van der Waals surface area contributed by atoms with Gasteiger partial charge in [-0.3, -0.25) is 9.59 Å². The van der Waals surface area contributed by atoms with Gasteiger partial charge in [-0.25, -0.2) is 4.99 Å². The van der Waals surface area contributed by atoms with Crippen LogP contribution in [-0.4, -0.2) is 23.2 Å². The van der Waals surface area contributed by atoms with E-state index in [0.717, 1.165) is 6.21 Å². The second-order valence-electron chi connectivity index (χ2n) is 2.58. The highest BCUT2D eigenvalue weighted by atomic mass is 16.4. The smallest absolute Gasteiger partial charge is 0.308 e. The maximum Gasteiger partial charge on any atom is 0.308 e. The lowest BCUT2D eigenvalue weighted by atomic mass is 10.2. The highest BCUT2D eigenvalue weighted by molar-refractivity contribution is 6.00. The molecule has 4 heteroatoms. The average Bonchev–Trinajstić information content (AvgIpc) is 2.18. The van der Waals surface area contributed by atoms with E-state index in [-0.39, 0.29) is 6.42 Å². The Morgan fingerprint density at radius 1 is 1.29 bits per heavy atom. The summed E-state index contributed by atoms with van der Waals surface area (Å²) in [5.74, 6) is -1.43. The topological polar surface area (TPSA) is 66.7 Å². The van der Waals surface area contributed by atoms with Gasteiger partial charge in [-0.2, -0.15) is 0 Å². The molecule has 0 bridgehead atoms. The van der Waals surface area contributed by atoms with E-state index in [1.165, 1.54) is 0 Å². The summed E-state index contributed by atoms with van der Waals surface area (Å²) in [6, 6.07) is 8.48. The van der Waals surface area contributed by atoms with Gasteiger partial charge in [-0.15, -0.1) is 0 Å². The molecule has 1 rings (SSSR count). The minimum Gasteiger partial charge on any atom is -0.481 e. The average molecular weight is 191 g/mol. The monoisotopic (exact) mass is 191 g/mol. The van der Waals surface area contributed by atoms with Crippen molar-refractivity contribution in [3.8, 4) is 0 Å². The van der Waals surface area contributed by atoms with Gasteiger partial charge < -0.3 is 5.11 Å². The molecule has 14 heavy (non-hydrogen) atoms. The lowest BCUT2D eigenvalue weighted by Crippen LogP contribution is -1.98. The molecule has 0 unspecified atom stereocenters. The van der Waals surface area contributed by atoms with Crippen LogP contribution in [0.3, 0.4) is 0 Å². The van der Waals surface area contributed by atoms with Crippen molar-refractivity contribution in [2.24, 2.45) is 4.99 Å². The van der Waals surface area contributed by atoms with Crippen LogP contribution in [0, 0.1) is 0 Å². The van der Waals surface area contributed by atoms with E-state index in [4.69, 9.17) is 5.11 Å². The lowest BCUT2D eigenvalue weighted by molar-refractivity contribution is -0.135. The van der Waals surface area contributed by atoms with Gasteiger partial charge in [0.2, 0.25) is 0 Å². The van der Waals surface area contributed by atoms with Gasteiger partial charge in [-0.1, -0.05) is 18.2 Å². The number of carbonyl (C=O) groups is 2. The summed E-state index contributed by atoms with van der Waals surface area (Å²) in [6.07, 6.45) is 0.857. The lowest BCUT2D eigenvalue weighted by Gasteiger charge is -1.92. The number of hydrogen-bond donors (Lipinski definition) is 1. The fourth-order valence-corrected chi connectivity index (χ4v) is 0.862. The molecule has 72 valence electrons. The van der Waals surface area contributed by atoms with Gasteiger partial charge in [0.25, 0.3) is 5.91 Å². The quantitative estimate of drug-likeness (QED) is 0.734. The van der Waals surface area contributed by atoms with Crippen LogP contribution >= 0.6 is 0 Å². The van der Waals surface area contributed by atoms with Crippen LogP contribution in [0.15, 0.2) is 35.3 Å². The summed E-state index contributed by atoms with van der Waals surface area (Å²) in [7, 11) is 0. The molecule has 0 aromatic heterocycles. The first kappa shape index (κ1) is 10.1. The molecule has 0 atom stereocenters. The predicted octanol–water partition coefficient (Wildman–Crippen LogP) is 1.37. The number of aliphatic carboxylic acids is 1. The molecule has 0 saturated carbocycles. The molecule has 4 nitrogen and oxygen atoms in total. The molecule has 0 aliphatic carbocycles. The van der Waals surface area contributed by atoms with Crippen molar-refractivity contribution < 1.29 is 14.7 Å². The number of rotatable bonds is 3. The molecule has 0 saturated heterocycles. The molecule has 1 aromatic carbocycles. The number of aliphatic imine (C=N–C) groups is 1. The Balaban J connectivity index is 2.59. The Morgan fingerprint density at radius 3 is 2.50 bits per heavy atom. The van der Waals surface area contributed by atoms with Gasteiger partial charge in [0, 0.05) is 11.8 Å². The Kier molecular flexibility index (Phi) is 3.55. The van der Waals surface area contributed by atoms with Crippen molar-refractivity contribution in [2.75, 3.05) is 0 Å². The van der Waals surface area contributed by atoms with Crippen LogP contribution < -0.4 is 0 Å².